The third-order valence-corrected chi connectivity index (χ3v) is 3.68. The van der Waals surface area contributed by atoms with E-state index in [1.54, 1.807) is 18.5 Å². The Balaban J connectivity index is 2.00. The van der Waals surface area contributed by atoms with Gasteiger partial charge in [0.25, 0.3) is 0 Å². The molecule has 0 aliphatic carbocycles. The lowest BCUT2D eigenvalue weighted by Gasteiger charge is -2.08. The molecule has 1 heterocycles. The molecule has 0 bridgehead atoms. The molecule has 0 unspecified atom stereocenters. The lowest BCUT2D eigenvalue weighted by atomic mass is 10.1. The van der Waals surface area contributed by atoms with Crippen molar-refractivity contribution in [1.29, 1.82) is 0 Å². The predicted molar refractivity (Wildman–Crippen MR) is 91.1 cm³/mol. The van der Waals surface area contributed by atoms with Gasteiger partial charge in [-0.15, -0.1) is 0 Å². The first-order chi connectivity index (χ1) is 11.2. The zero-order valence-electron chi connectivity index (χ0n) is 14.0. The fourth-order valence-corrected chi connectivity index (χ4v) is 2.36. The van der Waals surface area contributed by atoms with Crippen molar-refractivity contribution in [1.82, 2.24) is 9.97 Å². The Bertz CT molecular complexity index is 599. The van der Waals surface area contributed by atoms with Crippen LogP contribution in [0.1, 0.15) is 51.6 Å². The van der Waals surface area contributed by atoms with Gasteiger partial charge in [-0.25, -0.2) is 4.39 Å². The summed E-state index contributed by atoms with van der Waals surface area (Å²) in [6, 6.07) is 4.93. The first-order valence-electron chi connectivity index (χ1n) is 8.48. The van der Waals surface area contributed by atoms with Crippen LogP contribution in [0.4, 0.5) is 4.39 Å². The fourth-order valence-electron chi connectivity index (χ4n) is 2.36. The zero-order valence-corrected chi connectivity index (χ0v) is 14.0. The summed E-state index contributed by atoms with van der Waals surface area (Å²) in [7, 11) is 0. The topological polar surface area (TPSA) is 35.0 Å². The summed E-state index contributed by atoms with van der Waals surface area (Å²) in [6.07, 6.45) is 10.2. The number of nitrogens with zero attached hydrogens (tertiary/aromatic N) is 2. The molecule has 23 heavy (non-hydrogen) atoms. The van der Waals surface area contributed by atoms with Crippen molar-refractivity contribution in [2.24, 2.45) is 0 Å². The van der Waals surface area contributed by atoms with Crippen molar-refractivity contribution < 1.29 is 9.13 Å². The molecule has 0 aliphatic heterocycles. The van der Waals surface area contributed by atoms with Crippen molar-refractivity contribution in [3.63, 3.8) is 0 Å². The molecule has 2 aromatic rings. The van der Waals surface area contributed by atoms with E-state index in [2.05, 4.69) is 16.9 Å². The molecule has 0 aliphatic rings. The van der Waals surface area contributed by atoms with E-state index in [1.807, 2.05) is 13.0 Å². The number of hydrogen-bond acceptors (Lipinski definition) is 3. The van der Waals surface area contributed by atoms with Gasteiger partial charge in [-0.05, 0) is 37.5 Å². The Labute approximate surface area is 137 Å². The molecule has 0 N–H and O–H groups in total. The number of halogens is 1. The Morgan fingerprint density at radius 1 is 1.00 bits per heavy atom. The summed E-state index contributed by atoms with van der Waals surface area (Å²) in [5.41, 5.74) is 2.40. The van der Waals surface area contributed by atoms with Crippen LogP contribution in [0, 0.1) is 5.82 Å². The quantitative estimate of drug-likeness (QED) is 0.597. The van der Waals surface area contributed by atoms with Crippen LogP contribution in [0.3, 0.4) is 0 Å². The molecular formula is C19H25FN2O. The van der Waals surface area contributed by atoms with Gasteiger partial charge in [0.1, 0.15) is 0 Å². The summed E-state index contributed by atoms with van der Waals surface area (Å²) >= 11 is 0. The molecule has 4 heteroatoms. The van der Waals surface area contributed by atoms with Crippen LogP contribution in [-0.4, -0.2) is 16.6 Å². The second-order valence-electron chi connectivity index (χ2n) is 5.70. The highest BCUT2D eigenvalue weighted by atomic mass is 19.1. The number of benzene rings is 1. The molecule has 3 nitrogen and oxygen atoms in total. The van der Waals surface area contributed by atoms with Crippen molar-refractivity contribution in [2.75, 3.05) is 6.61 Å². The number of aryl methyl sites for hydroxylation is 1. The Kier molecular flexibility index (Phi) is 6.98. The van der Waals surface area contributed by atoms with Crippen LogP contribution in [-0.2, 0) is 6.42 Å². The first kappa shape index (κ1) is 17.4. The molecule has 2 rings (SSSR count). The average Bonchev–Trinajstić information content (AvgIpc) is 2.58. The van der Waals surface area contributed by atoms with E-state index in [1.165, 1.54) is 25.3 Å². The van der Waals surface area contributed by atoms with Gasteiger partial charge in [-0.3, -0.25) is 9.97 Å². The summed E-state index contributed by atoms with van der Waals surface area (Å²) in [6.45, 7) is 4.71. The minimum atomic E-state index is -0.360. The average molecular weight is 316 g/mol. The van der Waals surface area contributed by atoms with Gasteiger partial charge in [-0.2, -0.15) is 0 Å². The number of aromatic nitrogens is 2. The van der Waals surface area contributed by atoms with E-state index in [0.717, 1.165) is 30.5 Å². The maximum absolute atomic E-state index is 14.0. The molecule has 0 fully saturated rings. The maximum atomic E-state index is 14.0. The fraction of sp³-hybridized carbons (Fsp3) is 0.474. The Hall–Kier alpha value is -1.97. The van der Waals surface area contributed by atoms with Crippen LogP contribution in [0.5, 0.6) is 5.75 Å². The highest BCUT2D eigenvalue weighted by molar-refractivity contribution is 5.59. The van der Waals surface area contributed by atoms with Gasteiger partial charge in [-0.1, -0.05) is 33.1 Å². The van der Waals surface area contributed by atoms with Gasteiger partial charge in [0.15, 0.2) is 11.6 Å². The monoisotopic (exact) mass is 316 g/mol. The molecule has 0 atom stereocenters. The van der Waals surface area contributed by atoms with Gasteiger partial charge in [0.05, 0.1) is 24.2 Å². The minimum absolute atomic E-state index is 0.288. The summed E-state index contributed by atoms with van der Waals surface area (Å²) in [5, 5.41) is 0. The van der Waals surface area contributed by atoms with Gasteiger partial charge < -0.3 is 4.74 Å². The molecule has 124 valence electrons. The summed E-state index contributed by atoms with van der Waals surface area (Å²) in [4.78, 5) is 8.85. The largest absolute Gasteiger partial charge is 0.491 e. The van der Waals surface area contributed by atoms with Gasteiger partial charge in [0, 0.05) is 11.8 Å². The van der Waals surface area contributed by atoms with E-state index in [4.69, 9.17) is 4.74 Å². The second-order valence-corrected chi connectivity index (χ2v) is 5.70. The second kappa shape index (κ2) is 9.23. The highest BCUT2D eigenvalue weighted by Crippen LogP contribution is 2.24. The third kappa shape index (κ3) is 5.31. The van der Waals surface area contributed by atoms with Crippen molar-refractivity contribution in [3.8, 4) is 17.0 Å². The van der Waals surface area contributed by atoms with E-state index >= 15 is 0 Å². The molecule has 0 saturated carbocycles. The molecular weight excluding hydrogens is 291 g/mol. The van der Waals surface area contributed by atoms with Crippen molar-refractivity contribution in [3.05, 3.63) is 42.1 Å². The molecule has 0 saturated heterocycles. The Morgan fingerprint density at radius 2 is 1.87 bits per heavy atom. The number of hydrogen-bond donors (Lipinski definition) is 0. The first-order valence-corrected chi connectivity index (χ1v) is 8.48. The van der Waals surface area contributed by atoms with Crippen LogP contribution in [0.2, 0.25) is 0 Å². The van der Waals surface area contributed by atoms with Crippen molar-refractivity contribution in [2.45, 2.75) is 52.4 Å². The number of ether oxygens (including phenoxy) is 1. The van der Waals surface area contributed by atoms with Crippen LogP contribution < -0.4 is 4.74 Å². The standard InChI is InChI=1S/C19H25FN2O/c1-3-5-6-7-8-16-13-22-18(14-21-16)15-9-10-19(17(20)12-15)23-11-4-2/h9-10,12-14H,3-8,11H2,1-2H3. The molecule has 0 amide bonds. The van der Waals surface area contributed by atoms with E-state index in [-0.39, 0.29) is 11.6 Å². The van der Waals surface area contributed by atoms with E-state index in [0.29, 0.717) is 12.3 Å². The third-order valence-electron chi connectivity index (χ3n) is 3.68. The highest BCUT2D eigenvalue weighted by Gasteiger charge is 2.07. The number of unbranched alkanes of at least 4 members (excludes halogenated alkanes) is 3. The molecule has 1 aromatic carbocycles. The van der Waals surface area contributed by atoms with Crippen LogP contribution in [0.15, 0.2) is 30.6 Å². The predicted octanol–water partition coefficient (Wildman–Crippen LogP) is 5.19. The van der Waals surface area contributed by atoms with Gasteiger partial charge in [0.2, 0.25) is 0 Å². The zero-order chi connectivity index (χ0) is 16.5. The van der Waals surface area contributed by atoms with E-state index in [9.17, 15) is 4.39 Å². The van der Waals surface area contributed by atoms with Crippen LogP contribution >= 0.6 is 0 Å². The minimum Gasteiger partial charge on any atom is -0.491 e. The molecule has 1 aromatic heterocycles. The smallest absolute Gasteiger partial charge is 0.165 e. The van der Waals surface area contributed by atoms with E-state index < -0.39 is 0 Å². The SMILES string of the molecule is CCCCCCc1cnc(-c2ccc(OCCC)c(F)c2)cn1. The Morgan fingerprint density at radius 3 is 2.52 bits per heavy atom. The van der Waals surface area contributed by atoms with Gasteiger partial charge >= 0.3 is 0 Å². The normalized spacial score (nSPS) is 10.7. The lowest BCUT2D eigenvalue weighted by molar-refractivity contribution is 0.301. The summed E-state index contributed by atoms with van der Waals surface area (Å²) in [5.74, 6) is -0.0718. The maximum Gasteiger partial charge on any atom is 0.165 e. The lowest BCUT2D eigenvalue weighted by Crippen LogP contribution is -1.98. The number of rotatable bonds is 9. The van der Waals surface area contributed by atoms with Crippen molar-refractivity contribution >= 4 is 0 Å². The molecule has 0 radical (unpaired) electrons. The molecule has 0 spiro atoms. The summed E-state index contributed by atoms with van der Waals surface area (Å²) < 4.78 is 19.4. The van der Waals surface area contributed by atoms with Crippen LogP contribution in [0.25, 0.3) is 11.3 Å².